The lowest BCUT2D eigenvalue weighted by molar-refractivity contribution is -0.131. The number of hydrogen-bond acceptors (Lipinski definition) is 4. The molecule has 0 aromatic carbocycles. The molecule has 1 rings (SSSR count). The lowest BCUT2D eigenvalue weighted by Crippen LogP contribution is -2.16. The van der Waals surface area contributed by atoms with E-state index >= 15 is 0 Å². The predicted molar refractivity (Wildman–Crippen MR) is 52.9 cm³/mol. The van der Waals surface area contributed by atoms with Gasteiger partial charge in [0.1, 0.15) is 0 Å². The van der Waals surface area contributed by atoms with E-state index in [-0.39, 0.29) is 11.6 Å². The minimum Gasteiger partial charge on any atom is -0.477 e. The third-order valence-corrected chi connectivity index (χ3v) is 1.76. The smallest absolute Gasteiger partial charge is 0.390 e. The standard InChI is InChI=1S/C9H10F3N3O2/c1-5-4-6(7(16)17)15-8(14-5)13-3-2-9(10,11)12/h4H,2-3H2,1H3,(H,16,17)(H,13,14,15). The number of carboxylic acids is 1. The van der Waals surface area contributed by atoms with Crippen LogP contribution in [0, 0.1) is 6.92 Å². The fourth-order valence-electron chi connectivity index (χ4n) is 1.07. The van der Waals surface area contributed by atoms with Gasteiger partial charge in [-0.3, -0.25) is 0 Å². The Balaban J connectivity index is 2.68. The Morgan fingerprint density at radius 3 is 2.65 bits per heavy atom. The third-order valence-electron chi connectivity index (χ3n) is 1.76. The molecule has 0 saturated heterocycles. The number of halogens is 3. The second-order valence-electron chi connectivity index (χ2n) is 3.32. The lowest BCUT2D eigenvalue weighted by atomic mass is 10.3. The number of rotatable bonds is 4. The van der Waals surface area contributed by atoms with Gasteiger partial charge < -0.3 is 10.4 Å². The summed E-state index contributed by atoms with van der Waals surface area (Å²) in [5, 5.41) is 11.0. The molecule has 0 atom stereocenters. The number of aryl methyl sites for hydroxylation is 1. The molecule has 0 spiro atoms. The Kier molecular flexibility index (Phi) is 3.87. The van der Waals surface area contributed by atoms with Crippen LogP contribution in [0.5, 0.6) is 0 Å². The monoisotopic (exact) mass is 249 g/mol. The highest BCUT2D eigenvalue weighted by Crippen LogP contribution is 2.19. The number of aromatic carboxylic acids is 1. The first-order valence-corrected chi connectivity index (χ1v) is 4.67. The van der Waals surface area contributed by atoms with Crippen LogP contribution < -0.4 is 5.32 Å². The molecule has 0 fully saturated rings. The lowest BCUT2D eigenvalue weighted by Gasteiger charge is -2.08. The molecule has 8 heteroatoms. The van der Waals surface area contributed by atoms with Gasteiger partial charge in [-0.25, -0.2) is 14.8 Å². The van der Waals surface area contributed by atoms with Crippen molar-refractivity contribution in [1.29, 1.82) is 0 Å². The summed E-state index contributed by atoms with van der Waals surface area (Å²) >= 11 is 0. The van der Waals surface area contributed by atoms with Crippen LogP contribution in [0.2, 0.25) is 0 Å². The maximum absolute atomic E-state index is 11.9. The van der Waals surface area contributed by atoms with Crippen molar-refractivity contribution in [3.05, 3.63) is 17.5 Å². The molecule has 0 unspecified atom stereocenters. The minimum absolute atomic E-state index is 0.119. The summed E-state index contributed by atoms with van der Waals surface area (Å²) in [5.41, 5.74) is 0.110. The molecule has 0 bridgehead atoms. The van der Waals surface area contributed by atoms with E-state index in [2.05, 4.69) is 15.3 Å². The summed E-state index contributed by atoms with van der Waals surface area (Å²) in [4.78, 5) is 18.0. The van der Waals surface area contributed by atoms with E-state index in [0.29, 0.717) is 5.69 Å². The second kappa shape index (κ2) is 4.98. The van der Waals surface area contributed by atoms with E-state index in [4.69, 9.17) is 5.11 Å². The van der Waals surface area contributed by atoms with Crippen molar-refractivity contribution < 1.29 is 23.1 Å². The van der Waals surface area contributed by atoms with Gasteiger partial charge in [0.25, 0.3) is 0 Å². The molecule has 0 aliphatic heterocycles. The second-order valence-corrected chi connectivity index (χ2v) is 3.32. The van der Waals surface area contributed by atoms with E-state index in [0.717, 1.165) is 0 Å². The van der Waals surface area contributed by atoms with Crippen molar-refractivity contribution in [2.75, 3.05) is 11.9 Å². The van der Waals surface area contributed by atoms with Gasteiger partial charge in [-0.05, 0) is 13.0 Å². The van der Waals surface area contributed by atoms with E-state index in [1.807, 2.05) is 0 Å². The van der Waals surface area contributed by atoms with E-state index in [9.17, 15) is 18.0 Å². The van der Waals surface area contributed by atoms with Gasteiger partial charge in [-0.1, -0.05) is 0 Å². The number of carbonyl (C=O) groups is 1. The van der Waals surface area contributed by atoms with Crippen LogP contribution in [0.3, 0.4) is 0 Å². The summed E-state index contributed by atoms with van der Waals surface area (Å²) in [6, 6.07) is 1.23. The number of nitrogens with one attached hydrogen (secondary N) is 1. The maximum atomic E-state index is 11.9. The van der Waals surface area contributed by atoms with Crippen LogP contribution in [0.25, 0.3) is 0 Å². The van der Waals surface area contributed by atoms with E-state index < -0.39 is 25.1 Å². The summed E-state index contributed by atoms with van der Waals surface area (Å²) in [6.45, 7) is 1.13. The Morgan fingerprint density at radius 1 is 1.47 bits per heavy atom. The highest BCUT2D eigenvalue weighted by atomic mass is 19.4. The van der Waals surface area contributed by atoms with Gasteiger partial charge in [-0.2, -0.15) is 13.2 Å². The highest BCUT2D eigenvalue weighted by molar-refractivity contribution is 5.85. The fraction of sp³-hybridized carbons (Fsp3) is 0.444. The first-order valence-electron chi connectivity index (χ1n) is 4.67. The molecular weight excluding hydrogens is 239 g/mol. The Morgan fingerprint density at radius 2 is 2.12 bits per heavy atom. The van der Waals surface area contributed by atoms with Crippen molar-refractivity contribution in [2.45, 2.75) is 19.5 Å². The zero-order valence-electron chi connectivity index (χ0n) is 8.88. The van der Waals surface area contributed by atoms with Crippen molar-refractivity contribution in [1.82, 2.24) is 9.97 Å². The number of aromatic nitrogens is 2. The summed E-state index contributed by atoms with van der Waals surface area (Å²) in [7, 11) is 0. The molecule has 0 saturated carbocycles. The van der Waals surface area contributed by atoms with E-state index in [1.54, 1.807) is 0 Å². The largest absolute Gasteiger partial charge is 0.477 e. The molecule has 0 aliphatic rings. The zero-order chi connectivity index (χ0) is 13.1. The Bertz CT molecular complexity index is 420. The van der Waals surface area contributed by atoms with Gasteiger partial charge in [0.2, 0.25) is 5.95 Å². The molecule has 1 aromatic rings. The Hall–Kier alpha value is -1.86. The average Bonchev–Trinajstić information content (AvgIpc) is 2.14. The predicted octanol–water partition coefficient (Wildman–Crippen LogP) is 1.85. The molecular formula is C9H10F3N3O2. The number of alkyl halides is 3. The molecule has 94 valence electrons. The van der Waals surface area contributed by atoms with Crippen molar-refractivity contribution in [3.63, 3.8) is 0 Å². The number of anilines is 1. The van der Waals surface area contributed by atoms with Crippen LogP contribution in [0.15, 0.2) is 6.07 Å². The third kappa shape index (κ3) is 4.66. The molecule has 0 aliphatic carbocycles. The molecule has 0 amide bonds. The van der Waals surface area contributed by atoms with Gasteiger partial charge in [-0.15, -0.1) is 0 Å². The SMILES string of the molecule is Cc1cc(C(=O)O)nc(NCCC(F)(F)F)n1. The van der Waals surface area contributed by atoms with Crippen molar-refractivity contribution in [2.24, 2.45) is 0 Å². The van der Waals surface area contributed by atoms with Crippen molar-refractivity contribution in [3.8, 4) is 0 Å². The van der Waals surface area contributed by atoms with Gasteiger partial charge >= 0.3 is 12.1 Å². The van der Waals surface area contributed by atoms with E-state index in [1.165, 1.54) is 13.0 Å². The Labute approximate surface area is 94.7 Å². The first-order chi connectivity index (χ1) is 7.78. The topological polar surface area (TPSA) is 75.1 Å². The highest BCUT2D eigenvalue weighted by Gasteiger charge is 2.26. The normalized spacial score (nSPS) is 11.3. The van der Waals surface area contributed by atoms with Crippen LogP contribution in [-0.4, -0.2) is 33.8 Å². The van der Waals surface area contributed by atoms with Crippen LogP contribution in [0.4, 0.5) is 19.1 Å². The summed E-state index contributed by atoms with van der Waals surface area (Å²) < 4.78 is 35.6. The molecule has 1 aromatic heterocycles. The quantitative estimate of drug-likeness (QED) is 0.851. The summed E-state index contributed by atoms with van der Waals surface area (Å²) in [5.74, 6) is -1.37. The molecule has 2 N–H and O–H groups in total. The maximum Gasteiger partial charge on any atom is 0.390 e. The minimum atomic E-state index is -4.27. The van der Waals surface area contributed by atoms with Gasteiger partial charge in [0.05, 0.1) is 6.42 Å². The van der Waals surface area contributed by atoms with Crippen LogP contribution in [0.1, 0.15) is 22.6 Å². The van der Waals surface area contributed by atoms with Crippen LogP contribution in [-0.2, 0) is 0 Å². The number of carboxylic acid groups (broad SMARTS) is 1. The zero-order valence-corrected chi connectivity index (χ0v) is 8.88. The fourth-order valence-corrected chi connectivity index (χ4v) is 1.07. The molecule has 0 radical (unpaired) electrons. The van der Waals surface area contributed by atoms with Gasteiger partial charge in [0.15, 0.2) is 5.69 Å². The van der Waals surface area contributed by atoms with Crippen molar-refractivity contribution >= 4 is 11.9 Å². The first kappa shape index (κ1) is 13.2. The van der Waals surface area contributed by atoms with Gasteiger partial charge in [0, 0.05) is 12.2 Å². The molecule has 17 heavy (non-hydrogen) atoms. The number of nitrogens with zero attached hydrogens (tertiary/aromatic N) is 2. The molecule has 5 nitrogen and oxygen atoms in total. The molecule has 1 heterocycles. The van der Waals surface area contributed by atoms with Crippen LogP contribution >= 0.6 is 0 Å². The average molecular weight is 249 g/mol. The summed E-state index contributed by atoms with van der Waals surface area (Å²) in [6.07, 6.45) is -5.31. The number of hydrogen-bond donors (Lipinski definition) is 2.